The molecule has 1 atom stereocenters. The first-order valence-electron chi connectivity index (χ1n) is 8.77. The zero-order valence-corrected chi connectivity index (χ0v) is 15.8. The van der Waals surface area contributed by atoms with Crippen LogP contribution in [-0.2, 0) is 14.8 Å². The maximum atomic E-state index is 12.8. The number of esters is 1. The van der Waals surface area contributed by atoms with Gasteiger partial charge in [-0.2, -0.15) is 0 Å². The fourth-order valence-corrected chi connectivity index (χ4v) is 4.15. The van der Waals surface area contributed by atoms with Crippen LogP contribution >= 0.6 is 0 Å². The molecule has 2 aromatic carbocycles. The minimum Gasteiger partial charge on any atom is -0.462 e. The smallest absolute Gasteiger partial charge is 0.338 e. The van der Waals surface area contributed by atoms with Crippen LogP contribution in [0.1, 0.15) is 47.3 Å². The maximum absolute atomic E-state index is 12.8. The standard InChI is InChI=1S/C20H23NO4S/c1-3-25-20(22)17-10-12-18(13-11-17)26(23,24)21-19(16-8-9-16)15-6-4-14(2)5-7-15/h4-7,10-13,16,19,21H,3,8-9H2,1-2H3. The molecule has 6 heteroatoms. The van der Waals surface area contributed by atoms with Crippen LogP contribution < -0.4 is 4.72 Å². The molecule has 0 saturated heterocycles. The van der Waals surface area contributed by atoms with Crippen molar-refractivity contribution in [2.75, 3.05) is 6.61 Å². The van der Waals surface area contributed by atoms with Crippen LogP contribution in [0, 0.1) is 12.8 Å². The van der Waals surface area contributed by atoms with Gasteiger partial charge in [0.25, 0.3) is 0 Å². The first-order chi connectivity index (χ1) is 12.4. The lowest BCUT2D eigenvalue weighted by Crippen LogP contribution is -2.30. The highest BCUT2D eigenvalue weighted by atomic mass is 32.2. The molecule has 0 spiro atoms. The summed E-state index contributed by atoms with van der Waals surface area (Å²) in [5.41, 5.74) is 2.45. The molecule has 2 aromatic rings. The highest BCUT2D eigenvalue weighted by molar-refractivity contribution is 7.89. The summed E-state index contributed by atoms with van der Waals surface area (Å²) in [5.74, 6) is -0.133. The van der Waals surface area contributed by atoms with Crippen LogP contribution in [0.5, 0.6) is 0 Å². The Morgan fingerprint density at radius 1 is 1.12 bits per heavy atom. The van der Waals surface area contributed by atoms with E-state index in [0.29, 0.717) is 11.5 Å². The zero-order chi connectivity index (χ0) is 18.7. The Balaban J connectivity index is 1.80. The van der Waals surface area contributed by atoms with Gasteiger partial charge in [0.1, 0.15) is 0 Å². The van der Waals surface area contributed by atoms with Crippen molar-refractivity contribution >= 4 is 16.0 Å². The molecule has 0 radical (unpaired) electrons. The van der Waals surface area contributed by atoms with Gasteiger partial charge in [-0.25, -0.2) is 17.9 Å². The molecule has 1 aliphatic rings. The molecule has 0 bridgehead atoms. The van der Waals surface area contributed by atoms with E-state index < -0.39 is 16.0 Å². The molecule has 5 nitrogen and oxygen atoms in total. The number of carbonyl (C=O) groups is 1. The summed E-state index contributed by atoms with van der Waals surface area (Å²) in [7, 11) is -3.68. The number of carbonyl (C=O) groups excluding carboxylic acids is 1. The average molecular weight is 373 g/mol. The minimum absolute atomic E-state index is 0.142. The van der Waals surface area contributed by atoms with E-state index in [1.807, 2.05) is 31.2 Å². The molecule has 1 fully saturated rings. The van der Waals surface area contributed by atoms with Gasteiger partial charge in [0, 0.05) is 6.04 Å². The Morgan fingerprint density at radius 3 is 2.27 bits per heavy atom. The fraction of sp³-hybridized carbons (Fsp3) is 0.350. The lowest BCUT2D eigenvalue weighted by Gasteiger charge is -2.19. The number of sulfonamides is 1. The molecule has 26 heavy (non-hydrogen) atoms. The van der Waals surface area contributed by atoms with Crippen LogP contribution in [0.25, 0.3) is 0 Å². The summed E-state index contributed by atoms with van der Waals surface area (Å²) in [6, 6.07) is 13.5. The van der Waals surface area contributed by atoms with E-state index in [1.54, 1.807) is 6.92 Å². The molecular weight excluding hydrogens is 350 g/mol. The normalized spacial score (nSPS) is 15.5. The third-order valence-corrected chi connectivity index (χ3v) is 5.94. The van der Waals surface area contributed by atoms with Crippen molar-refractivity contribution in [3.8, 4) is 0 Å². The molecule has 0 amide bonds. The van der Waals surface area contributed by atoms with E-state index in [0.717, 1.165) is 24.0 Å². The Hall–Kier alpha value is -2.18. The van der Waals surface area contributed by atoms with Gasteiger partial charge < -0.3 is 4.74 Å². The van der Waals surface area contributed by atoms with Crippen molar-refractivity contribution in [3.05, 3.63) is 65.2 Å². The molecule has 138 valence electrons. The summed E-state index contributed by atoms with van der Waals surface area (Å²) < 4.78 is 33.3. The molecule has 1 saturated carbocycles. The molecule has 1 N–H and O–H groups in total. The van der Waals surface area contributed by atoms with E-state index in [-0.39, 0.29) is 17.5 Å². The van der Waals surface area contributed by atoms with E-state index in [9.17, 15) is 13.2 Å². The molecule has 0 heterocycles. The van der Waals surface area contributed by atoms with Gasteiger partial charge in [0.15, 0.2) is 0 Å². The number of aryl methyl sites for hydroxylation is 1. The second-order valence-electron chi connectivity index (χ2n) is 6.59. The second-order valence-corrected chi connectivity index (χ2v) is 8.31. The SMILES string of the molecule is CCOC(=O)c1ccc(S(=O)(=O)NC(c2ccc(C)cc2)C2CC2)cc1. The Bertz CT molecular complexity index is 869. The van der Waals surface area contributed by atoms with Crippen molar-refractivity contribution in [1.82, 2.24) is 4.72 Å². The lowest BCUT2D eigenvalue weighted by molar-refractivity contribution is 0.0526. The van der Waals surface area contributed by atoms with Crippen LogP contribution in [-0.4, -0.2) is 21.0 Å². The van der Waals surface area contributed by atoms with Gasteiger partial charge in [0.2, 0.25) is 10.0 Å². The van der Waals surface area contributed by atoms with E-state index in [2.05, 4.69) is 4.72 Å². The predicted molar refractivity (Wildman–Crippen MR) is 99.4 cm³/mol. The average Bonchev–Trinajstić information content (AvgIpc) is 3.46. The Kier molecular flexibility index (Phi) is 5.44. The number of hydrogen-bond acceptors (Lipinski definition) is 4. The van der Waals surface area contributed by atoms with Gasteiger partial charge in [-0.05, 0) is 62.4 Å². The number of nitrogens with one attached hydrogen (secondary N) is 1. The van der Waals surface area contributed by atoms with Crippen molar-refractivity contribution in [3.63, 3.8) is 0 Å². The van der Waals surface area contributed by atoms with Gasteiger partial charge >= 0.3 is 5.97 Å². The van der Waals surface area contributed by atoms with Gasteiger partial charge in [0.05, 0.1) is 17.1 Å². The number of ether oxygens (including phenoxy) is 1. The highest BCUT2D eigenvalue weighted by Crippen LogP contribution is 2.41. The van der Waals surface area contributed by atoms with Crippen molar-refractivity contribution in [2.24, 2.45) is 5.92 Å². The van der Waals surface area contributed by atoms with E-state index in [1.165, 1.54) is 24.3 Å². The third kappa shape index (κ3) is 4.31. The van der Waals surface area contributed by atoms with Gasteiger partial charge in [-0.1, -0.05) is 29.8 Å². The molecule has 3 rings (SSSR count). The van der Waals surface area contributed by atoms with Crippen LogP contribution in [0.3, 0.4) is 0 Å². The van der Waals surface area contributed by atoms with Crippen molar-refractivity contribution < 1.29 is 17.9 Å². The Labute approximate surface area is 154 Å². The largest absolute Gasteiger partial charge is 0.462 e. The summed E-state index contributed by atoms with van der Waals surface area (Å²) >= 11 is 0. The molecule has 1 aliphatic carbocycles. The molecule has 0 aromatic heterocycles. The summed E-state index contributed by atoms with van der Waals surface area (Å²) in [4.78, 5) is 11.8. The van der Waals surface area contributed by atoms with Gasteiger partial charge in [-0.15, -0.1) is 0 Å². The topological polar surface area (TPSA) is 72.5 Å². The van der Waals surface area contributed by atoms with E-state index >= 15 is 0 Å². The summed E-state index contributed by atoms with van der Waals surface area (Å²) in [5, 5.41) is 0. The minimum atomic E-state index is -3.68. The lowest BCUT2D eigenvalue weighted by atomic mass is 10.0. The van der Waals surface area contributed by atoms with E-state index in [4.69, 9.17) is 4.74 Å². The quantitative estimate of drug-likeness (QED) is 0.753. The molecular formula is C20H23NO4S. The maximum Gasteiger partial charge on any atom is 0.338 e. The zero-order valence-electron chi connectivity index (χ0n) is 14.9. The number of benzene rings is 2. The second kappa shape index (κ2) is 7.60. The summed E-state index contributed by atoms with van der Waals surface area (Å²) in [6.45, 7) is 4.01. The first-order valence-corrected chi connectivity index (χ1v) is 10.2. The van der Waals surface area contributed by atoms with Crippen LogP contribution in [0.15, 0.2) is 53.4 Å². The molecule has 0 aliphatic heterocycles. The first kappa shape index (κ1) is 18.6. The number of hydrogen-bond donors (Lipinski definition) is 1. The Morgan fingerprint density at radius 2 is 1.73 bits per heavy atom. The van der Waals surface area contributed by atoms with Crippen molar-refractivity contribution in [1.29, 1.82) is 0 Å². The summed E-state index contributed by atoms with van der Waals surface area (Å²) in [6.07, 6.45) is 2.03. The highest BCUT2D eigenvalue weighted by Gasteiger charge is 2.35. The van der Waals surface area contributed by atoms with Crippen LogP contribution in [0.2, 0.25) is 0 Å². The van der Waals surface area contributed by atoms with Crippen LogP contribution in [0.4, 0.5) is 0 Å². The third-order valence-electron chi connectivity index (χ3n) is 4.49. The van der Waals surface area contributed by atoms with Gasteiger partial charge in [-0.3, -0.25) is 0 Å². The monoisotopic (exact) mass is 373 g/mol. The fourth-order valence-electron chi connectivity index (χ4n) is 2.86. The number of rotatable bonds is 7. The predicted octanol–water partition coefficient (Wildman–Crippen LogP) is 3.60. The van der Waals surface area contributed by atoms with Crippen molar-refractivity contribution in [2.45, 2.75) is 37.6 Å². The molecule has 1 unspecified atom stereocenters.